The van der Waals surface area contributed by atoms with Crippen molar-refractivity contribution in [3.8, 4) is 0 Å². The van der Waals surface area contributed by atoms with Crippen molar-refractivity contribution < 1.29 is 9.53 Å². The van der Waals surface area contributed by atoms with Gasteiger partial charge in [-0.25, -0.2) is 0 Å². The maximum Gasteiger partial charge on any atom is 0.292 e. The highest BCUT2D eigenvalue weighted by Gasteiger charge is 2.20. The van der Waals surface area contributed by atoms with E-state index in [2.05, 4.69) is 50.8 Å². The van der Waals surface area contributed by atoms with Gasteiger partial charge in [0.1, 0.15) is 0 Å². The summed E-state index contributed by atoms with van der Waals surface area (Å²) in [6, 6.07) is 11.5. The minimum absolute atomic E-state index is 0.375. The first-order chi connectivity index (χ1) is 11.8. The number of aryl methyl sites for hydroxylation is 1. The molecule has 24 heavy (non-hydrogen) atoms. The van der Waals surface area contributed by atoms with Gasteiger partial charge in [-0.15, -0.1) is 0 Å². The molecular formula is C19H23N3O2. The van der Waals surface area contributed by atoms with Crippen LogP contribution in [-0.4, -0.2) is 36.2 Å². The number of carbonyl (C=O) groups is 1. The second-order valence-corrected chi connectivity index (χ2v) is 6.09. The Kier molecular flexibility index (Phi) is 5.11. The van der Waals surface area contributed by atoms with Crippen LogP contribution in [-0.2, 0) is 9.53 Å². The van der Waals surface area contributed by atoms with E-state index in [9.17, 15) is 0 Å². The lowest BCUT2D eigenvalue weighted by molar-refractivity contribution is -0.126. The van der Waals surface area contributed by atoms with Gasteiger partial charge in [-0.3, -0.25) is 9.78 Å². The Bertz CT molecular complexity index is 835. The fourth-order valence-electron chi connectivity index (χ4n) is 3.42. The lowest BCUT2D eigenvalue weighted by atomic mass is 10.1. The number of ether oxygens (including phenoxy) is 1. The number of methoxy groups -OCH3 is 1. The van der Waals surface area contributed by atoms with Crippen LogP contribution in [0.5, 0.6) is 0 Å². The minimum Gasteiger partial charge on any atom is -0.471 e. The quantitative estimate of drug-likeness (QED) is 0.735. The van der Waals surface area contributed by atoms with Crippen molar-refractivity contribution in [2.24, 2.45) is 0 Å². The summed E-state index contributed by atoms with van der Waals surface area (Å²) < 4.78 is 6.36. The molecule has 1 saturated heterocycles. The van der Waals surface area contributed by atoms with Crippen LogP contribution in [0.4, 0.5) is 0 Å². The highest BCUT2D eigenvalue weighted by atomic mass is 16.5. The number of nitrogens with one attached hydrogen (secondary N) is 1. The summed E-state index contributed by atoms with van der Waals surface area (Å²) in [6.45, 7) is 4.74. The summed E-state index contributed by atoms with van der Waals surface area (Å²) in [5, 5.41) is 4.80. The van der Waals surface area contributed by atoms with Gasteiger partial charge in [0.25, 0.3) is 6.47 Å². The zero-order valence-corrected chi connectivity index (χ0v) is 14.2. The summed E-state index contributed by atoms with van der Waals surface area (Å²) in [5.74, 6) is 0. The smallest absolute Gasteiger partial charge is 0.292 e. The Morgan fingerprint density at radius 3 is 2.88 bits per heavy atom. The van der Waals surface area contributed by atoms with Crippen LogP contribution >= 0.6 is 0 Å². The number of aromatic nitrogens is 2. The average Bonchev–Trinajstić information content (AvgIpc) is 2.96. The third kappa shape index (κ3) is 3.12. The number of nitrogens with zero attached hydrogens (tertiary/aromatic N) is 2. The number of piperidine rings is 1. The van der Waals surface area contributed by atoms with E-state index < -0.39 is 0 Å². The molecule has 0 spiro atoms. The van der Waals surface area contributed by atoms with Crippen molar-refractivity contribution in [1.29, 1.82) is 0 Å². The molecule has 3 heterocycles. The first kappa shape index (κ1) is 16.5. The molecular weight excluding hydrogens is 302 g/mol. The summed E-state index contributed by atoms with van der Waals surface area (Å²) in [4.78, 5) is 13.6. The SMILES string of the molecule is COC=O.Cc1ccc2c3ncccc3n(C3CCCNC3)c2c1. The van der Waals surface area contributed by atoms with E-state index in [1.165, 1.54) is 41.9 Å². The Balaban J connectivity index is 0.000000383. The maximum atomic E-state index is 8.95. The Hall–Kier alpha value is -2.40. The van der Waals surface area contributed by atoms with Gasteiger partial charge in [-0.2, -0.15) is 0 Å². The zero-order valence-electron chi connectivity index (χ0n) is 14.2. The maximum absolute atomic E-state index is 8.95. The summed E-state index contributed by atoms with van der Waals surface area (Å²) in [6.07, 6.45) is 4.39. The summed E-state index contributed by atoms with van der Waals surface area (Å²) in [5.41, 5.74) is 5.03. The van der Waals surface area contributed by atoms with Crippen molar-refractivity contribution in [1.82, 2.24) is 14.9 Å². The molecule has 3 aromatic rings. The standard InChI is InChI=1S/C17H19N3.C2H4O2/c1-12-6-7-14-16(10-12)20(13-4-2-8-18-11-13)15-5-3-9-19-17(14)15;1-4-2-3/h3,5-7,9-10,13,18H,2,4,8,11H2,1H3;2H,1H3. The van der Waals surface area contributed by atoms with Crippen LogP contribution in [0.25, 0.3) is 21.9 Å². The molecule has 2 aromatic heterocycles. The van der Waals surface area contributed by atoms with Crippen LogP contribution in [0, 0.1) is 6.92 Å². The molecule has 0 radical (unpaired) electrons. The van der Waals surface area contributed by atoms with Gasteiger partial charge in [0, 0.05) is 24.2 Å². The molecule has 1 aliphatic heterocycles. The molecule has 4 rings (SSSR count). The minimum atomic E-state index is 0.375. The number of carbonyl (C=O) groups excluding carboxylic acids is 1. The number of hydrogen-bond acceptors (Lipinski definition) is 4. The zero-order chi connectivity index (χ0) is 16.9. The van der Waals surface area contributed by atoms with E-state index in [1.807, 2.05) is 12.3 Å². The second-order valence-electron chi connectivity index (χ2n) is 6.09. The highest BCUT2D eigenvalue weighted by Crippen LogP contribution is 2.33. The normalized spacial score (nSPS) is 17.3. The lowest BCUT2D eigenvalue weighted by Gasteiger charge is -2.26. The second kappa shape index (κ2) is 7.45. The molecule has 0 aliphatic carbocycles. The van der Waals surface area contributed by atoms with Gasteiger partial charge in [-0.05, 0) is 50.1 Å². The Morgan fingerprint density at radius 2 is 2.17 bits per heavy atom. The average molecular weight is 325 g/mol. The Morgan fingerprint density at radius 1 is 1.33 bits per heavy atom. The molecule has 1 aromatic carbocycles. The van der Waals surface area contributed by atoms with Gasteiger partial charge in [0.05, 0.1) is 23.7 Å². The van der Waals surface area contributed by atoms with Crippen molar-refractivity contribution in [3.05, 3.63) is 42.1 Å². The predicted molar refractivity (Wildman–Crippen MR) is 96.2 cm³/mol. The van der Waals surface area contributed by atoms with Gasteiger partial charge < -0.3 is 14.6 Å². The van der Waals surface area contributed by atoms with Crippen molar-refractivity contribution >= 4 is 28.4 Å². The van der Waals surface area contributed by atoms with E-state index in [1.54, 1.807) is 0 Å². The molecule has 126 valence electrons. The van der Waals surface area contributed by atoms with Crippen LogP contribution in [0.2, 0.25) is 0 Å². The van der Waals surface area contributed by atoms with Crippen molar-refractivity contribution in [3.63, 3.8) is 0 Å². The molecule has 1 atom stereocenters. The van der Waals surface area contributed by atoms with E-state index in [-0.39, 0.29) is 0 Å². The highest BCUT2D eigenvalue weighted by molar-refractivity contribution is 6.05. The van der Waals surface area contributed by atoms with E-state index in [0.29, 0.717) is 12.5 Å². The molecule has 5 nitrogen and oxygen atoms in total. The first-order valence-electron chi connectivity index (χ1n) is 8.28. The largest absolute Gasteiger partial charge is 0.471 e. The molecule has 0 bridgehead atoms. The van der Waals surface area contributed by atoms with Crippen LogP contribution in [0.15, 0.2) is 36.5 Å². The number of pyridine rings is 1. The van der Waals surface area contributed by atoms with Crippen LogP contribution in [0.3, 0.4) is 0 Å². The van der Waals surface area contributed by atoms with Crippen molar-refractivity contribution in [2.75, 3.05) is 20.2 Å². The number of benzene rings is 1. The van der Waals surface area contributed by atoms with E-state index >= 15 is 0 Å². The molecule has 0 saturated carbocycles. The molecule has 1 N–H and O–H groups in total. The molecule has 0 amide bonds. The van der Waals surface area contributed by atoms with Crippen LogP contribution < -0.4 is 5.32 Å². The van der Waals surface area contributed by atoms with E-state index in [4.69, 9.17) is 4.79 Å². The third-order valence-corrected chi connectivity index (χ3v) is 4.45. The third-order valence-electron chi connectivity index (χ3n) is 4.45. The number of fused-ring (bicyclic) bond motifs is 3. The fourth-order valence-corrected chi connectivity index (χ4v) is 3.42. The van der Waals surface area contributed by atoms with Crippen molar-refractivity contribution in [2.45, 2.75) is 25.8 Å². The predicted octanol–water partition coefficient (Wildman–Crippen LogP) is 3.21. The molecule has 1 fully saturated rings. The lowest BCUT2D eigenvalue weighted by Crippen LogP contribution is -2.31. The van der Waals surface area contributed by atoms with Gasteiger partial charge in [0.2, 0.25) is 0 Å². The van der Waals surface area contributed by atoms with Gasteiger partial charge in [-0.1, -0.05) is 12.1 Å². The summed E-state index contributed by atoms with van der Waals surface area (Å²) in [7, 11) is 1.31. The molecule has 1 aliphatic rings. The summed E-state index contributed by atoms with van der Waals surface area (Å²) >= 11 is 0. The molecule has 5 heteroatoms. The molecule has 1 unspecified atom stereocenters. The van der Waals surface area contributed by atoms with E-state index in [0.717, 1.165) is 18.6 Å². The van der Waals surface area contributed by atoms with Gasteiger partial charge >= 0.3 is 0 Å². The fraction of sp³-hybridized carbons (Fsp3) is 0.368. The number of rotatable bonds is 2. The monoisotopic (exact) mass is 325 g/mol. The number of hydrogen-bond donors (Lipinski definition) is 1. The van der Waals surface area contributed by atoms with Crippen LogP contribution in [0.1, 0.15) is 24.4 Å². The first-order valence-corrected chi connectivity index (χ1v) is 8.28. The van der Waals surface area contributed by atoms with Gasteiger partial charge in [0.15, 0.2) is 0 Å². The topological polar surface area (TPSA) is 56.1 Å². The Labute approximate surface area is 141 Å².